The summed E-state index contributed by atoms with van der Waals surface area (Å²) in [6.07, 6.45) is 7.30. The van der Waals surface area contributed by atoms with Gasteiger partial charge in [0.2, 0.25) is 0 Å². The molecule has 2 aliphatic heterocycles. The predicted molar refractivity (Wildman–Crippen MR) is 198 cm³/mol. The van der Waals surface area contributed by atoms with Crippen molar-refractivity contribution in [3.05, 3.63) is 121 Å². The number of hydrogen-bond acceptors (Lipinski definition) is 8. The average Bonchev–Trinajstić information content (AvgIpc) is 3.84. The Bertz CT molecular complexity index is 2430. The highest BCUT2D eigenvalue weighted by Crippen LogP contribution is 2.52. The van der Waals surface area contributed by atoms with Crippen molar-refractivity contribution < 1.29 is 8.83 Å². The number of benzene rings is 4. The lowest BCUT2D eigenvalue weighted by atomic mass is 10.1. The minimum absolute atomic E-state index is 0.00879. The van der Waals surface area contributed by atoms with Gasteiger partial charge in [-0.1, -0.05) is 48.5 Å². The topological polar surface area (TPSA) is 65.0 Å². The van der Waals surface area contributed by atoms with Gasteiger partial charge in [-0.05, 0) is 75.2 Å². The van der Waals surface area contributed by atoms with Crippen LogP contribution >= 0.6 is 0 Å². The van der Waals surface area contributed by atoms with Gasteiger partial charge >= 0.3 is 0 Å². The summed E-state index contributed by atoms with van der Waals surface area (Å²) in [5.41, 5.74) is 12.6. The van der Waals surface area contributed by atoms with Crippen LogP contribution in [0.4, 0.5) is 34.1 Å². The first-order valence-corrected chi connectivity index (χ1v) is 16.8. The van der Waals surface area contributed by atoms with Crippen LogP contribution < -0.4 is 19.6 Å². The van der Waals surface area contributed by atoms with Crippen LogP contribution in [0.3, 0.4) is 0 Å². The molecule has 0 spiro atoms. The summed E-state index contributed by atoms with van der Waals surface area (Å²) in [6, 6.07) is 30.3. The number of nitrogens with zero attached hydrogens (tertiary/aromatic N) is 6. The molecule has 0 radical (unpaired) electrons. The van der Waals surface area contributed by atoms with E-state index in [1.807, 2.05) is 36.9 Å². The molecule has 2 atom stereocenters. The van der Waals surface area contributed by atoms with E-state index >= 15 is 0 Å². The number of fused-ring (bicyclic) bond motifs is 8. The van der Waals surface area contributed by atoms with Crippen molar-refractivity contribution in [2.24, 2.45) is 0 Å². The lowest BCUT2D eigenvalue weighted by Gasteiger charge is -2.37. The zero-order valence-corrected chi connectivity index (χ0v) is 27.8. The summed E-state index contributed by atoms with van der Waals surface area (Å²) in [5, 5.41) is 4.36. The zero-order chi connectivity index (χ0) is 33.0. The van der Waals surface area contributed by atoms with Gasteiger partial charge in [0.05, 0.1) is 53.2 Å². The second kappa shape index (κ2) is 10.2. The zero-order valence-electron chi connectivity index (χ0n) is 27.8. The Morgan fingerprint density at radius 1 is 0.531 bits per heavy atom. The summed E-state index contributed by atoms with van der Waals surface area (Å²) >= 11 is 0. The van der Waals surface area contributed by atoms with Crippen molar-refractivity contribution in [3.63, 3.8) is 0 Å². The number of para-hydroxylation sites is 4. The number of aryl methyl sites for hydroxylation is 2. The molecule has 10 rings (SSSR count). The van der Waals surface area contributed by atoms with E-state index in [-0.39, 0.29) is 12.3 Å². The predicted octanol–water partition coefficient (Wildman–Crippen LogP) is 10.2. The third kappa shape index (κ3) is 3.85. The molecule has 8 heteroatoms. The standard InChI is InChI=1S/C41H34N6O2/c1-24-13-15-30-28-17-19-42-21-36(28)48-40(30)38(24)46-26(3)44(32-9-5-7-11-34(32)46)23-45-27(4)47(35-12-8-6-10-33(35)45)39-25(2)14-16-31-29-18-20-43-22-37(29)49-41(31)39/h5-22,26-27H,23H2,1-4H3/t26-,27+. The largest absolute Gasteiger partial charge is 0.452 e. The third-order valence-corrected chi connectivity index (χ3v) is 10.6. The Hall–Kier alpha value is -6.02. The van der Waals surface area contributed by atoms with Gasteiger partial charge in [-0.2, -0.15) is 0 Å². The maximum atomic E-state index is 6.55. The van der Waals surface area contributed by atoms with Crippen molar-refractivity contribution >= 4 is 78.0 Å². The van der Waals surface area contributed by atoms with Crippen LogP contribution in [0.5, 0.6) is 0 Å². The normalized spacial score (nSPS) is 17.3. The number of anilines is 6. The lowest BCUT2D eigenvalue weighted by Crippen LogP contribution is -2.49. The second-order valence-electron chi connectivity index (χ2n) is 13.2. The molecule has 0 unspecified atom stereocenters. The van der Waals surface area contributed by atoms with Crippen LogP contribution in [-0.4, -0.2) is 29.0 Å². The van der Waals surface area contributed by atoms with Crippen molar-refractivity contribution in [2.45, 2.75) is 40.0 Å². The molecule has 4 aromatic carbocycles. The molecule has 0 bridgehead atoms. The van der Waals surface area contributed by atoms with E-state index in [4.69, 9.17) is 8.83 Å². The maximum Gasteiger partial charge on any atom is 0.159 e. The molecule has 0 saturated carbocycles. The highest BCUT2D eigenvalue weighted by atomic mass is 16.3. The number of furan rings is 2. The molecule has 6 heterocycles. The fourth-order valence-corrected chi connectivity index (χ4v) is 8.23. The van der Waals surface area contributed by atoms with Crippen molar-refractivity contribution in [3.8, 4) is 0 Å². The summed E-state index contributed by atoms with van der Waals surface area (Å²) in [6.45, 7) is 9.61. The fourth-order valence-electron chi connectivity index (χ4n) is 8.23. The first-order valence-electron chi connectivity index (χ1n) is 16.8. The molecule has 240 valence electrons. The van der Waals surface area contributed by atoms with E-state index in [2.05, 4.69) is 130 Å². The minimum Gasteiger partial charge on any atom is -0.452 e. The van der Waals surface area contributed by atoms with Gasteiger partial charge in [-0.3, -0.25) is 9.97 Å². The summed E-state index contributed by atoms with van der Waals surface area (Å²) in [7, 11) is 0. The highest BCUT2D eigenvalue weighted by Gasteiger charge is 2.41. The molecule has 0 aliphatic carbocycles. The number of aromatic nitrogens is 2. The van der Waals surface area contributed by atoms with Gasteiger partial charge in [0.15, 0.2) is 22.3 Å². The summed E-state index contributed by atoms with van der Waals surface area (Å²) in [5.74, 6) is 0. The second-order valence-corrected chi connectivity index (χ2v) is 13.2. The first kappa shape index (κ1) is 28.0. The minimum atomic E-state index is 0.00879. The Morgan fingerprint density at radius 2 is 0.959 bits per heavy atom. The van der Waals surface area contributed by atoms with Crippen LogP contribution in [0, 0.1) is 13.8 Å². The van der Waals surface area contributed by atoms with Crippen molar-refractivity contribution in [2.75, 3.05) is 26.3 Å². The maximum absolute atomic E-state index is 6.55. The lowest BCUT2D eigenvalue weighted by molar-refractivity contribution is 0.602. The van der Waals surface area contributed by atoms with Crippen LogP contribution in [0.2, 0.25) is 0 Å². The molecule has 0 amide bonds. The van der Waals surface area contributed by atoms with E-state index in [1.165, 1.54) is 22.5 Å². The van der Waals surface area contributed by atoms with Crippen molar-refractivity contribution in [1.82, 2.24) is 9.97 Å². The molecular weight excluding hydrogens is 608 g/mol. The molecule has 49 heavy (non-hydrogen) atoms. The van der Waals surface area contributed by atoms with Crippen molar-refractivity contribution in [1.29, 1.82) is 0 Å². The van der Waals surface area contributed by atoms with Crippen LogP contribution in [0.1, 0.15) is 25.0 Å². The van der Waals surface area contributed by atoms with Gasteiger partial charge in [-0.25, -0.2) is 0 Å². The molecule has 8 nitrogen and oxygen atoms in total. The molecule has 0 saturated heterocycles. The molecular formula is C41H34N6O2. The highest BCUT2D eigenvalue weighted by molar-refractivity contribution is 6.12. The SMILES string of the molecule is Cc1ccc2c(oc3cnccc32)c1N1c2ccccc2N(CN2c3ccccc3N(c3c(C)ccc4c3oc3cnccc34)[C@H]2C)[C@H]1C. The van der Waals surface area contributed by atoms with E-state index in [0.717, 1.165) is 66.6 Å². The van der Waals surface area contributed by atoms with Crippen LogP contribution in [0.25, 0.3) is 43.9 Å². The fraction of sp³-hybridized carbons (Fsp3) is 0.171. The number of hydrogen-bond donors (Lipinski definition) is 0. The monoisotopic (exact) mass is 642 g/mol. The van der Waals surface area contributed by atoms with Crippen LogP contribution in [-0.2, 0) is 0 Å². The van der Waals surface area contributed by atoms with Gasteiger partial charge in [0, 0.05) is 33.9 Å². The van der Waals surface area contributed by atoms with E-state index in [9.17, 15) is 0 Å². The molecule has 4 aromatic heterocycles. The van der Waals surface area contributed by atoms with Crippen LogP contribution in [0.15, 0.2) is 119 Å². The Kier molecular flexibility index (Phi) is 5.86. The van der Waals surface area contributed by atoms with Gasteiger partial charge in [0.25, 0.3) is 0 Å². The van der Waals surface area contributed by atoms with E-state index < -0.39 is 0 Å². The molecule has 0 N–H and O–H groups in total. The smallest absolute Gasteiger partial charge is 0.159 e. The number of rotatable bonds is 4. The number of pyridine rings is 2. The first-order chi connectivity index (χ1) is 24.0. The third-order valence-electron chi connectivity index (χ3n) is 10.6. The summed E-state index contributed by atoms with van der Waals surface area (Å²) < 4.78 is 13.1. The van der Waals surface area contributed by atoms with E-state index in [1.54, 1.807) is 0 Å². The molecule has 2 aliphatic rings. The quantitative estimate of drug-likeness (QED) is 0.188. The Morgan fingerprint density at radius 3 is 1.41 bits per heavy atom. The Labute approximate surface area is 283 Å². The van der Waals surface area contributed by atoms with Gasteiger partial charge in [0.1, 0.15) is 12.3 Å². The summed E-state index contributed by atoms with van der Waals surface area (Å²) in [4.78, 5) is 18.6. The van der Waals surface area contributed by atoms with E-state index in [0.29, 0.717) is 6.67 Å². The molecule has 8 aromatic rings. The molecule has 0 fully saturated rings. The average molecular weight is 643 g/mol. The van der Waals surface area contributed by atoms with Gasteiger partial charge in [-0.15, -0.1) is 0 Å². The van der Waals surface area contributed by atoms with Gasteiger partial charge < -0.3 is 28.4 Å². The Balaban J connectivity index is 1.09.